The smallest absolute Gasteiger partial charge is 0.256 e. The van der Waals surface area contributed by atoms with E-state index in [4.69, 9.17) is 0 Å². The van der Waals surface area contributed by atoms with Gasteiger partial charge in [0.15, 0.2) is 0 Å². The lowest BCUT2D eigenvalue weighted by Gasteiger charge is -2.12. The predicted molar refractivity (Wildman–Crippen MR) is 102 cm³/mol. The third kappa shape index (κ3) is 2.61. The van der Waals surface area contributed by atoms with E-state index in [2.05, 4.69) is 10.3 Å². The summed E-state index contributed by atoms with van der Waals surface area (Å²) in [6.07, 6.45) is 3.64. The molecule has 2 N–H and O–H groups in total. The molecule has 0 saturated carbocycles. The standard InChI is InChI=1S/C19H17N3O3S/c1-22(2)26(24,25)14-4-6-18-15(11-14)16(19(23)21-18)10-12-3-5-17-13(9-12)7-8-20-17/h3-11,20H,1-2H3,(H,21,23)/b16-10-. The third-order valence-electron chi connectivity index (χ3n) is 4.44. The van der Waals surface area contributed by atoms with Crippen LogP contribution in [0.3, 0.4) is 0 Å². The molecule has 0 spiro atoms. The lowest BCUT2D eigenvalue weighted by molar-refractivity contribution is -0.110. The van der Waals surface area contributed by atoms with Crippen molar-refractivity contribution in [2.24, 2.45) is 0 Å². The molecule has 0 unspecified atom stereocenters. The fourth-order valence-corrected chi connectivity index (χ4v) is 3.94. The quantitative estimate of drug-likeness (QED) is 0.698. The predicted octanol–water partition coefficient (Wildman–Crippen LogP) is 2.91. The van der Waals surface area contributed by atoms with E-state index in [0.717, 1.165) is 20.8 Å². The molecule has 2 heterocycles. The summed E-state index contributed by atoms with van der Waals surface area (Å²) in [5.74, 6) is -0.242. The Hall–Kier alpha value is -2.90. The summed E-state index contributed by atoms with van der Waals surface area (Å²) < 4.78 is 25.9. The van der Waals surface area contributed by atoms with Crippen LogP contribution in [0, 0.1) is 0 Å². The van der Waals surface area contributed by atoms with Crippen LogP contribution in [0.1, 0.15) is 11.1 Å². The molecule has 0 atom stereocenters. The Labute approximate surface area is 151 Å². The average Bonchev–Trinajstić information content (AvgIpc) is 3.18. The average molecular weight is 367 g/mol. The van der Waals surface area contributed by atoms with Gasteiger partial charge in [-0.15, -0.1) is 0 Å². The number of nitrogens with one attached hydrogen (secondary N) is 2. The highest BCUT2D eigenvalue weighted by molar-refractivity contribution is 7.89. The molecule has 1 aliphatic rings. The van der Waals surface area contributed by atoms with E-state index < -0.39 is 10.0 Å². The number of aromatic amines is 1. The number of H-pyrrole nitrogens is 1. The van der Waals surface area contributed by atoms with Crippen molar-refractivity contribution in [2.75, 3.05) is 19.4 Å². The fourth-order valence-electron chi connectivity index (χ4n) is 3.01. The summed E-state index contributed by atoms with van der Waals surface area (Å²) >= 11 is 0. The van der Waals surface area contributed by atoms with Crippen molar-refractivity contribution in [3.05, 3.63) is 59.8 Å². The van der Waals surface area contributed by atoms with Crippen LogP contribution in [-0.4, -0.2) is 37.7 Å². The number of rotatable bonds is 3. The van der Waals surface area contributed by atoms with Crippen molar-refractivity contribution < 1.29 is 13.2 Å². The minimum Gasteiger partial charge on any atom is -0.361 e. The van der Waals surface area contributed by atoms with E-state index in [1.165, 1.54) is 20.2 Å². The highest BCUT2D eigenvalue weighted by atomic mass is 32.2. The van der Waals surface area contributed by atoms with E-state index >= 15 is 0 Å². The lowest BCUT2D eigenvalue weighted by Crippen LogP contribution is -2.22. The number of benzene rings is 2. The van der Waals surface area contributed by atoms with Gasteiger partial charge in [-0.05, 0) is 53.4 Å². The number of aromatic nitrogens is 1. The molecule has 1 aromatic heterocycles. The van der Waals surface area contributed by atoms with Gasteiger partial charge >= 0.3 is 0 Å². The molecule has 1 aliphatic heterocycles. The van der Waals surface area contributed by atoms with Crippen LogP contribution >= 0.6 is 0 Å². The van der Waals surface area contributed by atoms with Crippen molar-refractivity contribution in [1.82, 2.24) is 9.29 Å². The monoisotopic (exact) mass is 367 g/mol. The van der Waals surface area contributed by atoms with Gasteiger partial charge < -0.3 is 10.3 Å². The van der Waals surface area contributed by atoms with E-state index in [1.54, 1.807) is 18.2 Å². The Bertz CT molecular complexity index is 1170. The van der Waals surface area contributed by atoms with Gasteiger partial charge in [-0.1, -0.05) is 6.07 Å². The molecule has 132 valence electrons. The van der Waals surface area contributed by atoms with Crippen molar-refractivity contribution in [2.45, 2.75) is 4.90 Å². The number of sulfonamides is 1. The zero-order valence-corrected chi connectivity index (χ0v) is 15.1. The number of carbonyl (C=O) groups excluding carboxylic acids is 1. The molecular formula is C19H17N3O3S. The van der Waals surface area contributed by atoms with Crippen molar-refractivity contribution in [1.29, 1.82) is 0 Å². The first-order valence-corrected chi connectivity index (χ1v) is 9.47. The number of hydrogen-bond donors (Lipinski definition) is 2. The third-order valence-corrected chi connectivity index (χ3v) is 6.25. The molecule has 0 fully saturated rings. The Morgan fingerprint density at radius 3 is 2.62 bits per heavy atom. The number of hydrogen-bond acceptors (Lipinski definition) is 3. The highest BCUT2D eigenvalue weighted by Gasteiger charge is 2.27. The molecule has 0 radical (unpaired) electrons. The minimum atomic E-state index is -3.57. The summed E-state index contributed by atoms with van der Waals surface area (Å²) in [6.45, 7) is 0. The largest absolute Gasteiger partial charge is 0.361 e. The Morgan fingerprint density at radius 1 is 1.04 bits per heavy atom. The van der Waals surface area contributed by atoms with Crippen molar-refractivity contribution in [3.8, 4) is 0 Å². The van der Waals surface area contributed by atoms with Gasteiger partial charge in [0.05, 0.1) is 4.90 Å². The molecule has 0 saturated heterocycles. The van der Waals surface area contributed by atoms with Crippen LogP contribution in [-0.2, 0) is 14.8 Å². The minimum absolute atomic E-state index is 0.157. The second-order valence-corrected chi connectivity index (χ2v) is 8.48. The summed E-state index contributed by atoms with van der Waals surface area (Å²) in [7, 11) is -0.609. The maximum absolute atomic E-state index is 12.4. The van der Waals surface area contributed by atoms with Crippen LogP contribution in [0.15, 0.2) is 53.6 Å². The number of amides is 1. The van der Waals surface area contributed by atoms with Crippen LogP contribution in [0.4, 0.5) is 5.69 Å². The first-order valence-electron chi connectivity index (χ1n) is 8.03. The molecule has 2 aromatic carbocycles. The molecule has 3 aromatic rings. The maximum Gasteiger partial charge on any atom is 0.256 e. The van der Waals surface area contributed by atoms with Gasteiger partial charge in [0, 0.05) is 42.6 Å². The van der Waals surface area contributed by atoms with E-state index in [-0.39, 0.29) is 10.8 Å². The number of fused-ring (bicyclic) bond motifs is 2. The molecule has 6 nitrogen and oxygen atoms in total. The Morgan fingerprint density at radius 2 is 1.85 bits per heavy atom. The second-order valence-electron chi connectivity index (χ2n) is 6.33. The molecular weight excluding hydrogens is 350 g/mol. The van der Waals surface area contributed by atoms with Crippen molar-refractivity contribution in [3.63, 3.8) is 0 Å². The number of anilines is 1. The Kier molecular flexibility index (Phi) is 3.71. The molecule has 26 heavy (non-hydrogen) atoms. The molecule has 0 bridgehead atoms. The molecule has 1 amide bonds. The molecule has 0 aliphatic carbocycles. The topological polar surface area (TPSA) is 82.3 Å². The number of nitrogens with zero attached hydrogens (tertiary/aromatic N) is 1. The van der Waals surface area contributed by atoms with E-state index in [1.807, 2.05) is 30.5 Å². The second kappa shape index (κ2) is 5.82. The SMILES string of the molecule is CN(C)S(=O)(=O)c1ccc2c(c1)/C(=C/c1ccc3[nH]ccc3c1)C(=O)N2. The van der Waals surface area contributed by atoms with E-state index in [9.17, 15) is 13.2 Å². The summed E-state index contributed by atoms with van der Waals surface area (Å²) in [6, 6.07) is 12.5. The summed E-state index contributed by atoms with van der Waals surface area (Å²) in [5.41, 5.74) is 3.54. The van der Waals surface area contributed by atoms with Crippen LogP contribution in [0.5, 0.6) is 0 Å². The van der Waals surface area contributed by atoms with Gasteiger partial charge in [-0.3, -0.25) is 4.79 Å². The summed E-state index contributed by atoms with van der Waals surface area (Å²) in [5, 5.41) is 3.83. The number of carbonyl (C=O) groups is 1. The van der Waals surface area contributed by atoms with Gasteiger partial charge in [0.2, 0.25) is 10.0 Å². The van der Waals surface area contributed by atoms with Crippen LogP contribution in [0.25, 0.3) is 22.6 Å². The Balaban J connectivity index is 1.83. The van der Waals surface area contributed by atoms with Crippen molar-refractivity contribution >= 4 is 44.2 Å². The van der Waals surface area contributed by atoms with Gasteiger partial charge in [0.1, 0.15) is 0 Å². The van der Waals surface area contributed by atoms with Gasteiger partial charge in [0.25, 0.3) is 5.91 Å². The zero-order chi connectivity index (χ0) is 18.5. The normalized spacial score (nSPS) is 15.7. The first kappa shape index (κ1) is 16.6. The van der Waals surface area contributed by atoms with Crippen LogP contribution < -0.4 is 5.32 Å². The van der Waals surface area contributed by atoms with Crippen LogP contribution in [0.2, 0.25) is 0 Å². The van der Waals surface area contributed by atoms with E-state index in [0.29, 0.717) is 16.8 Å². The highest BCUT2D eigenvalue weighted by Crippen LogP contribution is 2.35. The molecule has 4 rings (SSSR count). The maximum atomic E-state index is 12.4. The first-order chi connectivity index (χ1) is 12.4. The molecule has 7 heteroatoms. The fraction of sp³-hybridized carbons (Fsp3) is 0.105. The van der Waals surface area contributed by atoms with Gasteiger partial charge in [-0.2, -0.15) is 0 Å². The van der Waals surface area contributed by atoms with Gasteiger partial charge in [-0.25, -0.2) is 12.7 Å². The zero-order valence-electron chi connectivity index (χ0n) is 14.3. The summed E-state index contributed by atoms with van der Waals surface area (Å²) in [4.78, 5) is 15.7. The lowest BCUT2D eigenvalue weighted by atomic mass is 10.0.